The third kappa shape index (κ3) is 5.25. The van der Waals surface area contributed by atoms with Crippen molar-refractivity contribution in [3.8, 4) is 11.5 Å². The van der Waals surface area contributed by atoms with Crippen molar-refractivity contribution < 1.29 is 14.3 Å². The third-order valence-corrected chi connectivity index (χ3v) is 4.86. The van der Waals surface area contributed by atoms with Gasteiger partial charge in [-0.05, 0) is 42.7 Å². The van der Waals surface area contributed by atoms with E-state index in [9.17, 15) is 4.79 Å². The van der Waals surface area contributed by atoms with Gasteiger partial charge in [0.15, 0.2) is 0 Å². The maximum absolute atomic E-state index is 12.3. The summed E-state index contributed by atoms with van der Waals surface area (Å²) in [5.74, 6) is 1.62. The average Bonchev–Trinajstić information content (AvgIpc) is 2.69. The van der Waals surface area contributed by atoms with Crippen molar-refractivity contribution >= 4 is 5.91 Å². The number of carbonyl (C=O) groups is 1. The number of amides is 1. The van der Waals surface area contributed by atoms with Crippen molar-refractivity contribution in [3.63, 3.8) is 0 Å². The van der Waals surface area contributed by atoms with Crippen LogP contribution in [0.1, 0.15) is 48.0 Å². The summed E-state index contributed by atoms with van der Waals surface area (Å²) in [6.45, 7) is 0.584. The molecule has 1 fully saturated rings. The highest BCUT2D eigenvalue weighted by Crippen LogP contribution is 2.19. The fourth-order valence-electron chi connectivity index (χ4n) is 3.32. The molecule has 0 bridgehead atoms. The highest BCUT2D eigenvalue weighted by Gasteiger charge is 2.16. The van der Waals surface area contributed by atoms with Gasteiger partial charge in [-0.2, -0.15) is 0 Å². The molecule has 0 radical (unpaired) electrons. The smallest absolute Gasteiger partial charge is 0.251 e. The maximum Gasteiger partial charge on any atom is 0.251 e. The van der Waals surface area contributed by atoms with Crippen LogP contribution < -0.4 is 14.8 Å². The zero-order valence-electron chi connectivity index (χ0n) is 15.4. The second-order valence-corrected chi connectivity index (χ2v) is 6.78. The molecule has 2 aromatic rings. The fraction of sp³-hybridized carbons (Fsp3) is 0.409. The lowest BCUT2D eigenvalue weighted by Crippen LogP contribution is -2.36. The minimum Gasteiger partial charge on any atom is -0.497 e. The predicted molar refractivity (Wildman–Crippen MR) is 103 cm³/mol. The molecule has 0 saturated heterocycles. The van der Waals surface area contributed by atoms with Gasteiger partial charge in [-0.3, -0.25) is 4.79 Å². The molecule has 1 aliphatic carbocycles. The predicted octanol–water partition coefficient (Wildman–Crippen LogP) is 4.38. The summed E-state index contributed by atoms with van der Waals surface area (Å²) in [4.78, 5) is 12.3. The topological polar surface area (TPSA) is 47.6 Å². The van der Waals surface area contributed by atoms with Gasteiger partial charge in [0.25, 0.3) is 5.91 Å². The van der Waals surface area contributed by atoms with E-state index in [2.05, 4.69) is 5.32 Å². The molecule has 1 aliphatic rings. The molecule has 4 heteroatoms. The molecule has 1 N–H and O–H groups in total. The van der Waals surface area contributed by atoms with E-state index >= 15 is 0 Å². The van der Waals surface area contributed by atoms with Gasteiger partial charge >= 0.3 is 0 Å². The van der Waals surface area contributed by atoms with Crippen LogP contribution in [-0.2, 0) is 6.42 Å². The molecule has 0 aliphatic heterocycles. The Morgan fingerprint density at radius 2 is 1.77 bits per heavy atom. The first kappa shape index (κ1) is 18.3. The lowest BCUT2D eigenvalue weighted by Gasteiger charge is -2.22. The van der Waals surface area contributed by atoms with Gasteiger partial charge in [0, 0.05) is 24.1 Å². The first-order chi connectivity index (χ1) is 12.7. The standard InChI is InChI=1S/C22H27NO3/c1-25-20-8-5-9-21(16-20)26-15-14-17-10-12-18(13-11-17)22(24)23-19-6-3-2-4-7-19/h5,8-13,16,19H,2-4,6-7,14-15H2,1H3,(H,23,24). The van der Waals surface area contributed by atoms with Crippen LogP contribution >= 0.6 is 0 Å². The fourth-order valence-corrected chi connectivity index (χ4v) is 3.32. The van der Waals surface area contributed by atoms with Crippen molar-refractivity contribution in [2.75, 3.05) is 13.7 Å². The Morgan fingerprint density at radius 3 is 2.50 bits per heavy atom. The molecule has 1 saturated carbocycles. The Morgan fingerprint density at radius 1 is 1.04 bits per heavy atom. The van der Waals surface area contributed by atoms with Crippen LogP contribution in [0.4, 0.5) is 0 Å². The summed E-state index contributed by atoms with van der Waals surface area (Å²) in [6.07, 6.45) is 6.73. The molecule has 4 nitrogen and oxygen atoms in total. The van der Waals surface area contributed by atoms with E-state index in [-0.39, 0.29) is 5.91 Å². The zero-order chi connectivity index (χ0) is 18.2. The first-order valence-corrected chi connectivity index (χ1v) is 9.41. The second-order valence-electron chi connectivity index (χ2n) is 6.78. The molecule has 138 valence electrons. The number of hydrogen-bond donors (Lipinski definition) is 1. The van der Waals surface area contributed by atoms with E-state index in [1.54, 1.807) is 7.11 Å². The van der Waals surface area contributed by atoms with Gasteiger partial charge in [0.05, 0.1) is 13.7 Å². The number of benzene rings is 2. The van der Waals surface area contributed by atoms with Crippen molar-refractivity contribution in [2.45, 2.75) is 44.6 Å². The van der Waals surface area contributed by atoms with Crippen molar-refractivity contribution in [2.24, 2.45) is 0 Å². The molecular weight excluding hydrogens is 326 g/mol. The Bertz CT molecular complexity index is 706. The summed E-state index contributed by atoms with van der Waals surface area (Å²) >= 11 is 0. The Labute approximate surface area is 155 Å². The van der Waals surface area contributed by atoms with Crippen LogP contribution in [0.3, 0.4) is 0 Å². The van der Waals surface area contributed by atoms with E-state index in [0.29, 0.717) is 12.6 Å². The van der Waals surface area contributed by atoms with Gasteiger partial charge in [0.1, 0.15) is 11.5 Å². The molecule has 1 amide bonds. The molecule has 2 aromatic carbocycles. The SMILES string of the molecule is COc1cccc(OCCc2ccc(C(=O)NC3CCCCC3)cc2)c1. The highest BCUT2D eigenvalue weighted by atomic mass is 16.5. The number of rotatable bonds is 7. The largest absolute Gasteiger partial charge is 0.497 e. The maximum atomic E-state index is 12.3. The van der Waals surface area contributed by atoms with Crippen molar-refractivity contribution in [1.29, 1.82) is 0 Å². The first-order valence-electron chi connectivity index (χ1n) is 9.41. The monoisotopic (exact) mass is 353 g/mol. The Kier molecular flexibility index (Phi) is 6.53. The highest BCUT2D eigenvalue weighted by molar-refractivity contribution is 5.94. The van der Waals surface area contributed by atoms with Crippen molar-refractivity contribution in [3.05, 3.63) is 59.7 Å². The van der Waals surface area contributed by atoms with E-state index in [1.807, 2.05) is 48.5 Å². The summed E-state index contributed by atoms with van der Waals surface area (Å²) in [5, 5.41) is 3.15. The molecule has 0 spiro atoms. The molecular formula is C22H27NO3. The molecule has 0 aromatic heterocycles. The summed E-state index contributed by atoms with van der Waals surface area (Å²) in [5.41, 5.74) is 1.88. The molecule has 0 heterocycles. The number of hydrogen-bond acceptors (Lipinski definition) is 3. The van der Waals surface area contributed by atoms with Crippen LogP contribution in [0, 0.1) is 0 Å². The molecule has 26 heavy (non-hydrogen) atoms. The number of ether oxygens (including phenoxy) is 2. The molecule has 3 rings (SSSR count). The van der Waals surface area contributed by atoms with Gasteiger partial charge in [-0.15, -0.1) is 0 Å². The van der Waals surface area contributed by atoms with Gasteiger partial charge in [-0.25, -0.2) is 0 Å². The number of nitrogens with one attached hydrogen (secondary N) is 1. The van der Waals surface area contributed by atoms with E-state index in [4.69, 9.17) is 9.47 Å². The van der Waals surface area contributed by atoms with Crippen LogP contribution in [0.25, 0.3) is 0 Å². The summed E-state index contributed by atoms with van der Waals surface area (Å²) < 4.78 is 11.0. The minimum atomic E-state index is 0.0380. The van der Waals surface area contributed by atoms with Crippen LogP contribution in [0.5, 0.6) is 11.5 Å². The molecule has 0 unspecified atom stereocenters. The third-order valence-electron chi connectivity index (χ3n) is 4.86. The van der Waals surface area contributed by atoms with Crippen LogP contribution in [0.2, 0.25) is 0 Å². The normalized spacial score (nSPS) is 14.7. The summed E-state index contributed by atoms with van der Waals surface area (Å²) in [7, 11) is 1.64. The van der Waals surface area contributed by atoms with E-state index in [0.717, 1.165) is 41.9 Å². The zero-order valence-corrected chi connectivity index (χ0v) is 15.4. The van der Waals surface area contributed by atoms with Crippen LogP contribution in [-0.4, -0.2) is 25.7 Å². The quantitative estimate of drug-likeness (QED) is 0.803. The van der Waals surface area contributed by atoms with Gasteiger partial charge in [0.2, 0.25) is 0 Å². The molecule has 0 atom stereocenters. The minimum absolute atomic E-state index is 0.0380. The van der Waals surface area contributed by atoms with Gasteiger partial charge < -0.3 is 14.8 Å². The van der Waals surface area contributed by atoms with Crippen LogP contribution in [0.15, 0.2) is 48.5 Å². The number of methoxy groups -OCH3 is 1. The Hall–Kier alpha value is -2.49. The lowest BCUT2D eigenvalue weighted by atomic mass is 9.95. The summed E-state index contributed by atoms with van der Waals surface area (Å²) in [6, 6.07) is 15.7. The van der Waals surface area contributed by atoms with E-state index < -0.39 is 0 Å². The van der Waals surface area contributed by atoms with Gasteiger partial charge in [-0.1, -0.05) is 37.5 Å². The van der Waals surface area contributed by atoms with E-state index in [1.165, 1.54) is 19.3 Å². The second kappa shape index (κ2) is 9.27. The Balaban J connectivity index is 1.47. The number of carbonyl (C=O) groups excluding carboxylic acids is 1. The average molecular weight is 353 g/mol. The van der Waals surface area contributed by atoms with Crippen molar-refractivity contribution in [1.82, 2.24) is 5.32 Å². The lowest BCUT2D eigenvalue weighted by molar-refractivity contribution is 0.0927.